The summed E-state index contributed by atoms with van der Waals surface area (Å²) in [6.45, 7) is 2.00. The van der Waals surface area contributed by atoms with Crippen LogP contribution in [0.3, 0.4) is 0 Å². The number of benzene rings is 1. The Labute approximate surface area is 94.7 Å². The Balaban J connectivity index is 0.000000146. The van der Waals surface area contributed by atoms with E-state index in [1.807, 2.05) is 49.2 Å². The minimum atomic E-state index is 0.606. The summed E-state index contributed by atoms with van der Waals surface area (Å²) in [5.41, 5.74) is 0. The normalized spacial score (nSPS) is 8.43. The van der Waals surface area contributed by atoms with E-state index in [1.54, 1.807) is 12.1 Å². The Bertz CT molecular complexity index is 315. The second-order valence-corrected chi connectivity index (χ2v) is 3.38. The molecule has 0 spiro atoms. The number of hydrogen-bond donors (Lipinski definition) is 0. The van der Waals surface area contributed by atoms with Crippen LogP contribution in [0, 0.1) is 0 Å². The molecule has 0 amide bonds. The van der Waals surface area contributed by atoms with Crippen molar-refractivity contribution < 1.29 is 0 Å². The van der Waals surface area contributed by atoms with Gasteiger partial charge in [0.15, 0.2) is 0 Å². The van der Waals surface area contributed by atoms with Crippen molar-refractivity contribution in [1.29, 1.82) is 0 Å². The van der Waals surface area contributed by atoms with Gasteiger partial charge < -0.3 is 0 Å². The van der Waals surface area contributed by atoms with Crippen molar-refractivity contribution in [3.05, 3.63) is 64.4 Å². The average Bonchev–Trinajstić information content (AvgIpc) is 2.26. The summed E-state index contributed by atoms with van der Waals surface area (Å²) < 4.78 is 0. The van der Waals surface area contributed by atoms with Gasteiger partial charge in [-0.15, -0.1) is 0 Å². The summed E-state index contributed by atoms with van der Waals surface area (Å²) in [7, 11) is 0. The molecule has 0 unspecified atom stereocenters. The van der Waals surface area contributed by atoms with Crippen molar-refractivity contribution in [3.8, 4) is 0 Å². The van der Waals surface area contributed by atoms with Crippen LogP contribution in [0.5, 0.6) is 0 Å². The van der Waals surface area contributed by atoms with Crippen LogP contribution in [-0.4, -0.2) is 6.91 Å². The molecule has 14 heavy (non-hydrogen) atoms. The molecule has 0 aliphatic carbocycles. The van der Waals surface area contributed by atoms with Crippen molar-refractivity contribution in [2.45, 2.75) is 0 Å². The number of rotatable bonds is 0. The Hall–Kier alpha value is -0.785. The molecule has 1 aromatic carbocycles. The van der Waals surface area contributed by atoms with Gasteiger partial charge in [0.1, 0.15) is 0 Å². The molecule has 0 nitrogen and oxygen atoms in total. The molecule has 0 atom stereocenters. The second-order valence-electron chi connectivity index (χ2n) is 2.57. The first-order chi connectivity index (χ1) is 6.80. The zero-order valence-corrected chi connectivity index (χ0v) is 9.04. The molecule has 2 aromatic rings. The summed E-state index contributed by atoms with van der Waals surface area (Å²) in [5.74, 6) is 4.00. The fourth-order valence-corrected chi connectivity index (χ4v) is 1.10. The molecule has 70 valence electrons. The third-order valence-electron chi connectivity index (χ3n) is 1.49. The summed E-state index contributed by atoms with van der Waals surface area (Å²) in [5, 5.41) is 1.21. The van der Waals surface area contributed by atoms with E-state index in [2.05, 4.69) is 0 Å². The second kappa shape index (κ2) is 6.64. The van der Waals surface area contributed by atoms with Crippen LogP contribution >= 0.6 is 23.2 Å². The summed E-state index contributed by atoms with van der Waals surface area (Å²) >= 11 is 11.2. The molecule has 1 aromatic heterocycles. The van der Waals surface area contributed by atoms with Crippen molar-refractivity contribution in [3.63, 3.8) is 0 Å². The van der Waals surface area contributed by atoms with Gasteiger partial charge in [0, 0.05) is 0 Å². The fraction of sp³-hybridized carbons (Fsp3) is 0. The molecular formula is C11H9BCl2. The maximum atomic E-state index is 5.58. The van der Waals surface area contributed by atoms with Gasteiger partial charge in [0.25, 0.3) is 0 Å². The monoisotopic (exact) mass is 222 g/mol. The fourth-order valence-electron chi connectivity index (χ4n) is 0.824. The Morgan fingerprint density at radius 1 is 0.714 bits per heavy atom. The molecule has 0 fully saturated rings. The van der Waals surface area contributed by atoms with Gasteiger partial charge in [0.05, 0.1) is 10.0 Å². The van der Waals surface area contributed by atoms with Crippen molar-refractivity contribution in [2.24, 2.45) is 0 Å². The number of hydrogen-bond acceptors (Lipinski definition) is 0. The van der Waals surface area contributed by atoms with Gasteiger partial charge in [-0.2, -0.15) is 0 Å². The first-order valence-electron chi connectivity index (χ1n) is 4.21. The van der Waals surface area contributed by atoms with Crippen LogP contribution in [0.2, 0.25) is 10.0 Å². The van der Waals surface area contributed by atoms with Gasteiger partial charge in [-0.05, 0) is 12.1 Å². The van der Waals surface area contributed by atoms with Crippen molar-refractivity contribution in [1.82, 2.24) is 0 Å². The van der Waals surface area contributed by atoms with Gasteiger partial charge in [-0.25, -0.2) is 0 Å². The molecule has 0 aliphatic heterocycles. The first kappa shape index (κ1) is 11.3. The van der Waals surface area contributed by atoms with E-state index in [4.69, 9.17) is 23.2 Å². The van der Waals surface area contributed by atoms with E-state index in [0.717, 1.165) is 0 Å². The van der Waals surface area contributed by atoms with Gasteiger partial charge in [-0.1, -0.05) is 35.3 Å². The quantitative estimate of drug-likeness (QED) is 0.632. The predicted octanol–water partition coefficient (Wildman–Crippen LogP) is 4.02. The van der Waals surface area contributed by atoms with Crippen molar-refractivity contribution >= 4 is 30.1 Å². The van der Waals surface area contributed by atoms with Crippen LogP contribution in [0.25, 0.3) is 0 Å². The molecule has 0 aliphatic rings. The summed E-state index contributed by atoms with van der Waals surface area (Å²) in [4.78, 5) is 0. The van der Waals surface area contributed by atoms with E-state index >= 15 is 0 Å². The average molecular weight is 223 g/mol. The molecular weight excluding hydrogens is 214 g/mol. The van der Waals surface area contributed by atoms with Gasteiger partial charge in [0.2, 0.25) is 0 Å². The van der Waals surface area contributed by atoms with E-state index in [0.29, 0.717) is 10.0 Å². The molecule has 0 N–H and O–H groups in total. The molecule has 3 heteroatoms. The molecule has 0 saturated heterocycles. The first-order valence-corrected chi connectivity index (χ1v) is 4.96. The van der Waals surface area contributed by atoms with Gasteiger partial charge in [-0.3, -0.25) is 0 Å². The van der Waals surface area contributed by atoms with Crippen LogP contribution in [-0.2, 0) is 0 Å². The SMILES string of the molecule is Clc1ccccc1Cl.b1ccccc1. The van der Waals surface area contributed by atoms with E-state index in [9.17, 15) is 0 Å². The third-order valence-corrected chi connectivity index (χ3v) is 2.25. The molecule has 2 rings (SSSR count). The van der Waals surface area contributed by atoms with E-state index in [-0.39, 0.29) is 0 Å². The Morgan fingerprint density at radius 3 is 1.43 bits per heavy atom. The standard InChI is InChI=1S/C6H4Cl2.C5H5B/c7-5-3-1-2-4-6(5)8;1-2-4-6-5-3-1/h1-4H;1-5H. The third kappa shape index (κ3) is 4.45. The van der Waals surface area contributed by atoms with E-state index in [1.165, 1.54) is 0 Å². The zero-order chi connectivity index (χ0) is 10.2. The van der Waals surface area contributed by atoms with Crippen LogP contribution < -0.4 is 0 Å². The van der Waals surface area contributed by atoms with Gasteiger partial charge >= 0.3 is 37.0 Å². The summed E-state index contributed by atoms with van der Waals surface area (Å²) in [6.07, 6.45) is 0. The Morgan fingerprint density at radius 2 is 1.21 bits per heavy atom. The predicted molar refractivity (Wildman–Crippen MR) is 64.3 cm³/mol. The topological polar surface area (TPSA) is 0 Å². The minimum absolute atomic E-state index is 0.606. The molecule has 0 saturated carbocycles. The number of halogens is 2. The molecule has 1 heterocycles. The van der Waals surface area contributed by atoms with Crippen LogP contribution in [0.15, 0.2) is 54.4 Å². The van der Waals surface area contributed by atoms with Crippen LogP contribution in [0.1, 0.15) is 0 Å². The zero-order valence-electron chi connectivity index (χ0n) is 7.53. The Kier molecular flexibility index (Phi) is 5.35. The summed E-state index contributed by atoms with van der Waals surface area (Å²) in [6, 6.07) is 13.2. The molecule has 0 radical (unpaired) electrons. The molecule has 0 bridgehead atoms. The van der Waals surface area contributed by atoms with Crippen LogP contribution in [0.4, 0.5) is 0 Å². The maximum absolute atomic E-state index is 5.58. The van der Waals surface area contributed by atoms with E-state index < -0.39 is 0 Å². The van der Waals surface area contributed by atoms with Crippen molar-refractivity contribution in [2.75, 3.05) is 0 Å².